The van der Waals surface area contributed by atoms with Gasteiger partial charge in [-0.3, -0.25) is 9.48 Å². The van der Waals surface area contributed by atoms with Crippen molar-refractivity contribution in [2.24, 2.45) is 0 Å². The molecule has 3 atom stereocenters. The van der Waals surface area contributed by atoms with Crippen molar-refractivity contribution in [3.8, 4) is 0 Å². The maximum absolute atomic E-state index is 12.8. The van der Waals surface area contributed by atoms with Gasteiger partial charge in [0.15, 0.2) is 0 Å². The molecule has 6 nitrogen and oxygen atoms in total. The van der Waals surface area contributed by atoms with Crippen LogP contribution in [0.25, 0.3) is 10.9 Å². The van der Waals surface area contributed by atoms with Crippen LogP contribution in [0.5, 0.6) is 0 Å². The van der Waals surface area contributed by atoms with Crippen LogP contribution in [0.2, 0.25) is 0 Å². The lowest BCUT2D eigenvalue weighted by Crippen LogP contribution is -2.56. The Kier molecular flexibility index (Phi) is 3.42. The van der Waals surface area contributed by atoms with E-state index < -0.39 is 6.10 Å². The van der Waals surface area contributed by atoms with Gasteiger partial charge < -0.3 is 15.4 Å². The van der Waals surface area contributed by atoms with Crippen molar-refractivity contribution in [3.63, 3.8) is 0 Å². The molecule has 1 saturated carbocycles. The molecule has 2 heterocycles. The molecule has 0 aliphatic heterocycles. The first-order valence-electron chi connectivity index (χ1n) is 8.11. The van der Waals surface area contributed by atoms with Crippen molar-refractivity contribution < 1.29 is 9.90 Å². The van der Waals surface area contributed by atoms with Gasteiger partial charge in [-0.1, -0.05) is 18.2 Å². The minimum Gasteiger partial charge on any atom is -0.391 e. The number of aliphatic hydroxyl groups is 1. The van der Waals surface area contributed by atoms with Crippen molar-refractivity contribution in [2.45, 2.75) is 38.5 Å². The molecule has 0 saturated heterocycles. The van der Waals surface area contributed by atoms with E-state index in [2.05, 4.69) is 15.4 Å². The van der Waals surface area contributed by atoms with Crippen LogP contribution in [0.4, 0.5) is 0 Å². The van der Waals surface area contributed by atoms with Gasteiger partial charge in [0.25, 0.3) is 5.91 Å². The third-order valence-electron chi connectivity index (χ3n) is 4.78. The van der Waals surface area contributed by atoms with Gasteiger partial charge in [-0.15, -0.1) is 0 Å². The monoisotopic (exact) mass is 324 g/mol. The predicted octanol–water partition coefficient (Wildman–Crippen LogP) is 2.09. The summed E-state index contributed by atoms with van der Waals surface area (Å²) in [7, 11) is 0. The van der Waals surface area contributed by atoms with E-state index in [0.717, 1.165) is 22.2 Å². The van der Waals surface area contributed by atoms with E-state index in [-0.39, 0.29) is 18.0 Å². The van der Waals surface area contributed by atoms with Crippen molar-refractivity contribution in [1.29, 1.82) is 0 Å². The zero-order chi connectivity index (χ0) is 16.8. The summed E-state index contributed by atoms with van der Waals surface area (Å²) in [5.41, 5.74) is 3.50. The highest BCUT2D eigenvalue weighted by Gasteiger charge is 2.43. The summed E-state index contributed by atoms with van der Waals surface area (Å²) in [5.74, 6) is -0.115. The summed E-state index contributed by atoms with van der Waals surface area (Å²) >= 11 is 0. The molecule has 1 amide bonds. The first-order chi connectivity index (χ1) is 11.5. The molecular weight excluding hydrogens is 304 g/mol. The van der Waals surface area contributed by atoms with Gasteiger partial charge in [0.2, 0.25) is 0 Å². The zero-order valence-electron chi connectivity index (χ0n) is 13.7. The van der Waals surface area contributed by atoms with Crippen LogP contribution in [0.1, 0.15) is 34.1 Å². The Hall–Kier alpha value is -2.60. The Balaban J connectivity index is 1.58. The number of carbonyl (C=O) groups is 1. The summed E-state index contributed by atoms with van der Waals surface area (Å²) in [6.45, 7) is 3.86. The molecular formula is C18H20N4O2. The first-order valence-corrected chi connectivity index (χ1v) is 8.11. The number of rotatable bonds is 3. The minimum absolute atomic E-state index is 0.115. The van der Waals surface area contributed by atoms with Crippen molar-refractivity contribution >= 4 is 16.8 Å². The van der Waals surface area contributed by atoms with E-state index in [1.807, 2.05) is 44.3 Å². The number of aryl methyl sites for hydroxylation is 2. The van der Waals surface area contributed by atoms with Crippen molar-refractivity contribution in [3.05, 3.63) is 53.5 Å². The number of aromatic nitrogens is 3. The fraction of sp³-hybridized carbons (Fsp3) is 0.333. The highest BCUT2D eigenvalue weighted by molar-refractivity contribution is 6.08. The zero-order valence-corrected chi connectivity index (χ0v) is 13.7. The number of benzene rings is 1. The lowest BCUT2D eigenvalue weighted by atomic mass is 9.82. The van der Waals surface area contributed by atoms with Crippen LogP contribution in [0, 0.1) is 13.8 Å². The molecule has 1 aromatic carbocycles. The second-order valence-corrected chi connectivity index (χ2v) is 6.54. The SMILES string of the molecule is Cc1cnn([C@H]2[C@H](O)C[C@@H]2NC(=O)c2c(C)[nH]c3ccccc23)c1. The molecule has 0 radical (unpaired) electrons. The van der Waals surface area contributed by atoms with Gasteiger partial charge in [-0.25, -0.2) is 0 Å². The quantitative estimate of drug-likeness (QED) is 0.690. The number of hydrogen-bond acceptors (Lipinski definition) is 3. The standard InChI is InChI=1S/C18H20N4O2/c1-10-8-19-22(9-10)17-14(7-15(17)23)21-18(24)16-11(2)20-13-6-4-3-5-12(13)16/h3-6,8-9,14-15,17,20,23H,7H2,1-2H3,(H,21,24)/t14-,15+,17+/m0/s1. The van der Waals surface area contributed by atoms with Gasteiger partial charge >= 0.3 is 0 Å². The number of fused-ring (bicyclic) bond motifs is 1. The summed E-state index contributed by atoms with van der Waals surface area (Å²) in [6.07, 6.45) is 3.70. The van der Waals surface area contributed by atoms with Crippen molar-refractivity contribution in [2.75, 3.05) is 0 Å². The molecule has 2 aromatic heterocycles. The molecule has 0 bridgehead atoms. The second-order valence-electron chi connectivity index (χ2n) is 6.54. The Morgan fingerprint density at radius 2 is 2.17 bits per heavy atom. The van der Waals surface area contributed by atoms with Crippen LogP contribution < -0.4 is 5.32 Å². The van der Waals surface area contributed by atoms with E-state index in [4.69, 9.17) is 0 Å². The number of aromatic amines is 1. The predicted molar refractivity (Wildman–Crippen MR) is 90.9 cm³/mol. The summed E-state index contributed by atoms with van der Waals surface area (Å²) < 4.78 is 1.75. The molecule has 124 valence electrons. The smallest absolute Gasteiger partial charge is 0.254 e. The second kappa shape index (κ2) is 5.49. The minimum atomic E-state index is -0.487. The lowest BCUT2D eigenvalue weighted by Gasteiger charge is -2.41. The molecule has 4 rings (SSSR count). The highest BCUT2D eigenvalue weighted by Crippen LogP contribution is 2.33. The fourth-order valence-electron chi connectivity index (χ4n) is 3.52. The van der Waals surface area contributed by atoms with Crippen LogP contribution in [-0.4, -0.2) is 37.9 Å². The normalized spacial score (nSPS) is 23.2. The third kappa shape index (κ3) is 2.30. The first kappa shape index (κ1) is 15.0. The van der Waals surface area contributed by atoms with Gasteiger partial charge in [0.05, 0.1) is 29.9 Å². The van der Waals surface area contributed by atoms with Gasteiger partial charge in [-0.05, 0) is 31.9 Å². The number of nitrogens with zero attached hydrogens (tertiary/aromatic N) is 2. The molecule has 1 fully saturated rings. The summed E-state index contributed by atoms with van der Waals surface area (Å²) in [6, 6.07) is 7.43. The van der Waals surface area contributed by atoms with E-state index in [0.29, 0.717) is 12.0 Å². The largest absolute Gasteiger partial charge is 0.391 e. The van der Waals surface area contributed by atoms with E-state index in [1.54, 1.807) is 10.9 Å². The fourth-order valence-corrected chi connectivity index (χ4v) is 3.52. The Morgan fingerprint density at radius 3 is 2.88 bits per heavy atom. The molecule has 0 unspecified atom stereocenters. The molecule has 24 heavy (non-hydrogen) atoms. The van der Waals surface area contributed by atoms with Gasteiger partial charge in [-0.2, -0.15) is 5.10 Å². The Labute approximate surface area is 139 Å². The maximum Gasteiger partial charge on any atom is 0.254 e. The van der Waals surface area contributed by atoms with Crippen molar-refractivity contribution in [1.82, 2.24) is 20.1 Å². The molecule has 1 aliphatic rings. The van der Waals surface area contributed by atoms with Crippen LogP contribution in [0.15, 0.2) is 36.7 Å². The maximum atomic E-state index is 12.8. The number of hydrogen-bond donors (Lipinski definition) is 3. The number of carbonyl (C=O) groups excluding carboxylic acids is 1. The van der Waals surface area contributed by atoms with Crippen LogP contribution in [-0.2, 0) is 0 Å². The molecule has 0 spiro atoms. The van der Waals surface area contributed by atoms with E-state index in [9.17, 15) is 9.90 Å². The average molecular weight is 324 g/mol. The topological polar surface area (TPSA) is 82.9 Å². The Morgan fingerprint density at radius 1 is 1.38 bits per heavy atom. The molecule has 6 heteroatoms. The van der Waals surface area contributed by atoms with Crippen LogP contribution >= 0.6 is 0 Å². The summed E-state index contributed by atoms with van der Waals surface area (Å²) in [5, 5.41) is 18.3. The molecule has 1 aliphatic carbocycles. The van der Waals surface area contributed by atoms with Gasteiger partial charge in [0, 0.05) is 22.8 Å². The lowest BCUT2D eigenvalue weighted by molar-refractivity contribution is -0.00588. The highest BCUT2D eigenvalue weighted by atomic mass is 16.3. The molecule has 3 N–H and O–H groups in total. The van der Waals surface area contributed by atoms with Crippen LogP contribution in [0.3, 0.4) is 0 Å². The number of amides is 1. The summed E-state index contributed by atoms with van der Waals surface area (Å²) in [4.78, 5) is 16.0. The number of H-pyrrole nitrogens is 1. The Bertz CT molecular complexity index is 911. The van der Waals surface area contributed by atoms with Gasteiger partial charge in [0.1, 0.15) is 0 Å². The average Bonchev–Trinajstić information content (AvgIpc) is 3.08. The molecule has 3 aromatic rings. The third-order valence-corrected chi connectivity index (χ3v) is 4.78. The van der Waals surface area contributed by atoms with E-state index in [1.165, 1.54) is 0 Å². The number of aliphatic hydroxyl groups excluding tert-OH is 1. The number of para-hydroxylation sites is 1. The van der Waals surface area contributed by atoms with E-state index >= 15 is 0 Å². The number of nitrogens with one attached hydrogen (secondary N) is 2.